The topological polar surface area (TPSA) is 12.0 Å². The molecule has 88 valence electrons. The largest absolute Gasteiger partial charge is 0.316 e. The second kappa shape index (κ2) is 4.95. The molecule has 0 spiro atoms. The summed E-state index contributed by atoms with van der Waals surface area (Å²) in [5.74, 6) is 1.68. The summed E-state index contributed by atoms with van der Waals surface area (Å²) in [5, 5.41) is 4.68. The predicted octanol–water partition coefficient (Wildman–Crippen LogP) is 3.78. The summed E-state index contributed by atoms with van der Waals surface area (Å²) in [6.07, 6.45) is 2.37. The number of hydrogen-bond donors (Lipinski definition) is 1. The lowest BCUT2D eigenvalue weighted by Crippen LogP contribution is -2.30. The minimum atomic E-state index is 0.562. The molecule has 0 amide bonds. The zero-order valence-electron chi connectivity index (χ0n) is 9.63. The SMILES string of the molecule is CNC(Cc1ccc(Cl)c(Cl)c1)C1CC1C. The molecule has 1 nitrogen and oxygen atoms in total. The van der Waals surface area contributed by atoms with Crippen molar-refractivity contribution in [2.45, 2.75) is 25.8 Å². The third kappa shape index (κ3) is 2.71. The molecule has 2 rings (SSSR count). The molecule has 1 N–H and O–H groups in total. The van der Waals surface area contributed by atoms with Crippen LogP contribution < -0.4 is 5.32 Å². The van der Waals surface area contributed by atoms with Gasteiger partial charge in [0.15, 0.2) is 0 Å². The Hall–Kier alpha value is -0.240. The average Bonchev–Trinajstić information content (AvgIpc) is 2.97. The summed E-state index contributed by atoms with van der Waals surface area (Å²) in [5.41, 5.74) is 1.26. The first kappa shape index (κ1) is 12.2. The Balaban J connectivity index is 2.04. The number of rotatable bonds is 4. The van der Waals surface area contributed by atoms with Gasteiger partial charge in [-0.15, -0.1) is 0 Å². The van der Waals surface area contributed by atoms with Crippen molar-refractivity contribution in [2.24, 2.45) is 11.8 Å². The van der Waals surface area contributed by atoms with E-state index in [1.54, 1.807) is 0 Å². The quantitative estimate of drug-likeness (QED) is 0.866. The van der Waals surface area contributed by atoms with Gasteiger partial charge in [-0.25, -0.2) is 0 Å². The molecular weight excluding hydrogens is 241 g/mol. The summed E-state index contributed by atoms with van der Waals surface area (Å²) in [6.45, 7) is 2.31. The molecule has 1 aromatic carbocycles. The van der Waals surface area contributed by atoms with Gasteiger partial charge in [-0.1, -0.05) is 36.2 Å². The maximum atomic E-state index is 6.01. The summed E-state index contributed by atoms with van der Waals surface area (Å²) in [7, 11) is 2.03. The molecule has 0 radical (unpaired) electrons. The number of benzene rings is 1. The van der Waals surface area contributed by atoms with E-state index in [0.29, 0.717) is 16.1 Å². The lowest BCUT2D eigenvalue weighted by Gasteiger charge is -2.16. The fraction of sp³-hybridized carbons (Fsp3) is 0.538. The summed E-state index contributed by atoms with van der Waals surface area (Å²) >= 11 is 11.9. The van der Waals surface area contributed by atoms with Crippen molar-refractivity contribution >= 4 is 23.2 Å². The summed E-state index contributed by atoms with van der Waals surface area (Å²) < 4.78 is 0. The number of likely N-dealkylation sites (N-methyl/N-ethyl adjacent to an activating group) is 1. The van der Waals surface area contributed by atoms with Crippen LogP contribution in [0, 0.1) is 11.8 Å². The van der Waals surface area contributed by atoms with Crippen LogP contribution in [0.25, 0.3) is 0 Å². The maximum absolute atomic E-state index is 6.01. The van der Waals surface area contributed by atoms with Crippen molar-refractivity contribution in [1.82, 2.24) is 5.32 Å². The van der Waals surface area contributed by atoms with Gasteiger partial charge in [0.25, 0.3) is 0 Å². The Labute approximate surface area is 107 Å². The third-order valence-electron chi connectivity index (χ3n) is 3.50. The normalized spacial score (nSPS) is 25.5. The van der Waals surface area contributed by atoms with Crippen LogP contribution in [0.5, 0.6) is 0 Å². The predicted molar refractivity (Wildman–Crippen MR) is 70.3 cm³/mol. The Morgan fingerprint density at radius 1 is 1.38 bits per heavy atom. The van der Waals surface area contributed by atoms with Crippen molar-refractivity contribution in [2.75, 3.05) is 7.05 Å². The van der Waals surface area contributed by atoms with E-state index in [0.717, 1.165) is 18.3 Å². The fourth-order valence-electron chi connectivity index (χ4n) is 2.30. The molecule has 0 aromatic heterocycles. The van der Waals surface area contributed by atoms with Crippen LogP contribution in [-0.4, -0.2) is 13.1 Å². The molecule has 3 heteroatoms. The van der Waals surface area contributed by atoms with E-state index in [9.17, 15) is 0 Å². The van der Waals surface area contributed by atoms with E-state index in [4.69, 9.17) is 23.2 Å². The van der Waals surface area contributed by atoms with Gasteiger partial charge in [0.1, 0.15) is 0 Å². The van der Waals surface area contributed by atoms with Gasteiger partial charge in [-0.2, -0.15) is 0 Å². The fourth-order valence-corrected chi connectivity index (χ4v) is 2.62. The van der Waals surface area contributed by atoms with Crippen molar-refractivity contribution < 1.29 is 0 Å². The van der Waals surface area contributed by atoms with Gasteiger partial charge in [-0.05, 0) is 49.4 Å². The summed E-state index contributed by atoms with van der Waals surface area (Å²) in [4.78, 5) is 0. The first-order valence-corrected chi connectivity index (χ1v) is 6.48. The first-order chi connectivity index (χ1) is 7.61. The van der Waals surface area contributed by atoms with E-state index in [-0.39, 0.29) is 0 Å². The number of hydrogen-bond acceptors (Lipinski definition) is 1. The third-order valence-corrected chi connectivity index (χ3v) is 4.24. The second-order valence-corrected chi connectivity index (χ2v) is 5.54. The van der Waals surface area contributed by atoms with Crippen LogP contribution in [0.15, 0.2) is 18.2 Å². The van der Waals surface area contributed by atoms with E-state index in [2.05, 4.69) is 18.3 Å². The van der Waals surface area contributed by atoms with Gasteiger partial charge in [-0.3, -0.25) is 0 Å². The molecular formula is C13H17Cl2N. The van der Waals surface area contributed by atoms with Crippen molar-refractivity contribution in [3.8, 4) is 0 Å². The molecule has 3 unspecified atom stereocenters. The molecule has 1 aliphatic carbocycles. The van der Waals surface area contributed by atoms with Gasteiger partial charge in [0, 0.05) is 6.04 Å². The second-order valence-electron chi connectivity index (χ2n) is 4.72. The maximum Gasteiger partial charge on any atom is 0.0595 e. The van der Waals surface area contributed by atoms with Crippen LogP contribution in [-0.2, 0) is 6.42 Å². The Morgan fingerprint density at radius 3 is 2.56 bits per heavy atom. The van der Waals surface area contributed by atoms with E-state index >= 15 is 0 Å². The lowest BCUT2D eigenvalue weighted by molar-refractivity contribution is 0.479. The number of halogens is 2. The van der Waals surface area contributed by atoms with E-state index in [1.807, 2.05) is 19.2 Å². The molecule has 0 saturated heterocycles. The number of nitrogens with one attached hydrogen (secondary N) is 1. The monoisotopic (exact) mass is 257 g/mol. The Kier molecular flexibility index (Phi) is 3.78. The molecule has 3 atom stereocenters. The highest BCUT2D eigenvalue weighted by atomic mass is 35.5. The van der Waals surface area contributed by atoms with Gasteiger partial charge < -0.3 is 5.32 Å². The molecule has 1 saturated carbocycles. The molecule has 1 aromatic rings. The van der Waals surface area contributed by atoms with Gasteiger partial charge in [0.05, 0.1) is 10.0 Å². The minimum absolute atomic E-state index is 0.562. The van der Waals surface area contributed by atoms with Crippen LogP contribution in [0.3, 0.4) is 0 Å². The molecule has 1 fully saturated rings. The molecule has 0 bridgehead atoms. The highest BCUT2D eigenvalue weighted by molar-refractivity contribution is 6.42. The average molecular weight is 258 g/mol. The van der Waals surface area contributed by atoms with Gasteiger partial charge in [0.2, 0.25) is 0 Å². The zero-order valence-corrected chi connectivity index (χ0v) is 11.1. The van der Waals surface area contributed by atoms with Crippen molar-refractivity contribution in [3.63, 3.8) is 0 Å². The van der Waals surface area contributed by atoms with Crippen molar-refractivity contribution in [1.29, 1.82) is 0 Å². The Bertz CT molecular complexity index is 378. The Morgan fingerprint density at radius 2 is 2.06 bits per heavy atom. The van der Waals surface area contributed by atoms with E-state index < -0.39 is 0 Å². The van der Waals surface area contributed by atoms with Crippen LogP contribution in [0.4, 0.5) is 0 Å². The molecule has 0 aliphatic heterocycles. The van der Waals surface area contributed by atoms with Crippen LogP contribution >= 0.6 is 23.2 Å². The first-order valence-electron chi connectivity index (χ1n) is 5.73. The van der Waals surface area contributed by atoms with Crippen LogP contribution in [0.2, 0.25) is 10.0 Å². The van der Waals surface area contributed by atoms with Gasteiger partial charge >= 0.3 is 0 Å². The smallest absolute Gasteiger partial charge is 0.0595 e. The standard InChI is InChI=1S/C13H17Cl2N/c1-8-5-10(8)13(16-2)7-9-3-4-11(14)12(15)6-9/h3-4,6,8,10,13,16H,5,7H2,1-2H3. The van der Waals surface area contributed by atoms with Crippen LogP contribution in [0.1, 0.15) is 18.9 Å². The lowest BCUT2D eigenvalue weighted by atomic mass is 10.0. The highest BCUT2D eigenvalue weighted by Crippen LogP contribution is 2.41. The summed E-state index contributed by atoms with van der Waals surface area (Å²) in [6, 6.07) is 6.47. The minimum Gasteiger partial charge on any atom is -0.316 e. The molecule has 1 aliphatic rings. The zero-order chi connectivity index (χ0) is 11.7. The molecule has 0 heterocycles. The highest BCUT2D eigenvalue weighted by Gasteiger charge is 2.38. The molecule has 16 heavy (non-hydrogen) atoms. The van der Waals surface area contributed by atoms with E-state index in [1.165, 1.54) is 12.0 Å². The van der Waals surface area contributed by atoms with Crippen molar-refractivity contribution in [3.05, 3.63) is 33.8 Å².